The summed E-state index contributed by atoms with van der Waals surface area (Å²) in [6.07, 6.45) is 0. The highest BCUT2D eigenvalue weighted by Gasteiger charge is 2.05. The Labute approximate surface area is 217 Å². The van der Waals surface area contributed by atoms with Crippen LogP contribution in [0.25, 0.3) is 0 Å². The molecular weight excluding hydrogens is 580 g/mol. The van der Waals surface area contributed by atoms with Gasteiger partial charge in [0.2, 0.25) is 0 Å². The van der Waals surface area contributed by atoms with Crippen molar-refractivity contribution in [3.63, 3.8) is 0 Å². The average Bonchev–Trinajstić information content (AvgIpc) is 2.80. The Morgan fingerprint density at radius 3 is 1.50 bits per heavy atom. The Bertz CT molecular complexity index is 764. The van der Waals surface area contributed by atoms with Crippen LogP contribution in [0.5, 0.6) is 11.5 Å². The van der Waals surface area contributed by atoms with Gasteiger partial charge in [0.05, 0.1) is 6.61 Å². The highest BCUT2D eigenvalue weighted by atomic mass is 79.9. The summed E-state index contributed by atoms with van der Waals surface area (Å²) in [5, 5.41) is 26.6. The van der Waals surface area contributed by atoms with Crippen LogP contribution in [-0.2, 0) is 42.1 Å². The first-order chi connectivity index (χ1) is 16.3. The monoisotopic (exact) mass is 612 g/mol. The van der Waals surface area contributed by atoms with E-state index in [9.17, 15) is 5.11 Å². The van der Waals surface area contributed by atoms with Crippen LogP contribution in [-0.4, -0.2) is 48.4 Å². The smallest absolute Gasteiger partial charge is 0.271 e. The lowest BCUT2D eigenvalue weighted by Crippen LogP contribution is -2.20. The van der Waals surface area contributed by atoms with Crippen molar-refractivity contribution in [2.75, 3.05) is 26.4 Å². The van der Waals surface area contributed by atoms with E-state index in [-0.39, 0.29) is 24.7 Å². The number of phenols is 2. The fourth-order valence-electron chi connectivity index (χ4n) is 2.15. The first-order valence-corrected chi connectivity index (χ1v) is 12.2. The third kappa shape index (κ3) is 15.6. The largest absolute Gasteiger partial charge is 0.508 e. The van der Waals surface area contributed by atoms with Crippen molar-refractivity contribution in [1.82, 2.24) is 0 Å². The summed E-state index contributed by atoms with van der Waals surface area (Å²) in [4.78, 5) is 13.4. The van der Waals surface area contributed by atoms with Gasteiger partial charge in [0.15, 0.2) is 0 Å². The second kappa shape index (κ2) is 21.0. The molecule has 2 aromatic carbocycles. The van der Waals surface area contributed by atoms with Crippen molar-refractivity contribution in [3.05, 3.63) is 56.5 Å². The van der Waals surface area contributed by atoms with Crippen LogP contribution in [0.2, 0.25) is 0 Å². The molecule has 3 N–H and O–H groups in total. The van der Waals surface area contributed by atoms with Crippen LogP contribution in [0, 0.1) is 0 Å². The van der Waals surface area contributed by atoms with E-state index in [0.717, 1.165) is 8.95 Å². The van der Waals surface area contributed by atoms with Gasteiger partial charge in [0.25, 0.3) is 6.48 Å². The molecule has 0 bridgehead atoms. The van der Waals surface area contributed by atoms with E-state index >= 15 is 0 Å². The number of aromatic hydroxyl groups is 2. The summed E-state index contributed by atoms with van der Waals surface area (Å²) >= 11 is 6.52. The molecule has 0 unspecified atom stereocenters. The van der Waals surface area contributed by atoms with Gasteiger partial charge in [-0.15, -0.1) is 0 Å². The molecule has 194 valence electrons. The van der Waals surface area contributed by atoms with E-state index in [0.29, 0.717) is 37.6 Å². The second-order valence-electron chi connectivity index (χ2n) is 6.14. The lowest BCUT2D eigenvalue weighted by molar-refractivity contribution is -0.300. The number of hydrogen-bond acceptors (Lipinski definition) is 9. The molecule has 0 amide bonds. The molecule has 0 aliphatic rings. The molecule has 0 aromatic heterocycles. The van der Waals surface area contributed by atoms with E-state index in [4.69, 9.17) is 34.3 Å². The Morgan fingerprint density at radius 1 is 0.676 bits per heavy atom. The van der Waals surface area contributed by atoms with Crippen LogP contribution in [0.1, 0.15) is 38.8 Å². The van der Waals surface area contributed by atoms with Crippen molar-refractivity contribution >= 4 is 31.9 Å². The summed E-state index contributed by atoms with van der Waals surface area (Å²) in [5.74, 6) is 0.324. The Morgan fingerprint density at radius 2 is 1.12 bits per heavy atom. The van der Waals surface area contributed by atoms with Crippen molar-refractivity contribution in [3.8, 4) is 11.5 Å². The van der Waals surface area contributed by atoms with Gasteiger partial charge >= 0.3 is 0 Å². The molecule has 0 radical (unpaired) electrons. The number of phenolic OH excluding ortho intramolecular Hbond substituents is 2. The molecule has 0 atom stereocenters. The summed E-state index contributed by atoms with van der Waals surface area (Å²) in [7, 11) is 0. The lowest BCUT2D eigenvalue weighted by atomic mass is 10.2. The Hall–Kier alpha value is -1.28. The zero-order valence-electron chi connectivity index (χ0n) is 19.8. The van der Waals surface area contributed by atoms with E-state index in [1.165, 1.54) is 6.07 Å². The summed E-state index contributed by atoms with van der Waals surface area (Å²) in [6.45, 7) is 9.67. The maximum absolute atomic E-state index is 9.38. The van der Waals surface area contributed by atoms with Gasteiger partial charge in [0, 0.05) is 39.9 Å². The van der Waals surface area contributed by atoms with E-state index in [1.54, 1.807) is 30.3 Å². The molecule has 2 rings (SSSR count). The number of ether oxygens (including phenoxy) is 3. The van der Waals surface area contributed by atoms with Gasteiger partial charge in [-0.3, -0.25) is 5.26 Å². The van der Waals surface area contributed by atoms with E-state index < -0.39 is 6.48 Å². The molecule has 0 saturated heterocycles. The van der Waals surface area contributed by atoms with Crippen molar-refractivity contribution < 1.29 is 44.3 Å². The molecule has 9 nitrogen and oxygen atoms in total. The quantitative estimate of drug-likeness (QED) is 0.112. The number of halogens is 2. The van der Waals surface area contributed by atoms with Crippen LogP contribution in [0.4, 0.5) is 0 Å². The van der Waals surface area contributed by atoms with Gasteiger partial charge < -0.3 is 24.4 Å². The van der Waals surface area contributed by atoms with Crippen LogP contribution in [0.3, 0.4) is 0 Å². The summed E-state index contributed by atoms with van der Waals surface area (Å²) in [6, 6.07) is 10.1. The minimum atomic E-state index is -0.472. The molecule has 0 aliphatic carbocycles. The fourth-order valence-corrected chi connectivity index (χ4v) is 2.97. The summed E-state index contributed by atoms with van der Waals surface area (Å²) < 4.78 is 17.0. The Kier molecular flexibility index (Phi) is 20.2. The van der Waals surface area contributed by atoms with Gasteiger partial charge in [-0.2, -0.15) is 0 Å². The first-order valence-electron chi connectivity index (χ1n) is 10.6. The zero-order chi connectivity index (χ0) is 25.8. The van der Waals surface area contributed by atoms with E-state index in [1.807, 2.05) is 27.7 Å². The topological polar surface area (TPSA) is 116 Å². The van der Waals surface area contributed by atoms with Crippen LogP contribution in [0.15, 0.2) is 45.3 Å². The maximum atomic E-state index is 9.38. The third-order valence-electron chi connectivity index (χ3n) is 3.63. The second-order valence-corrected chi connectivity index (χ2v) is 7.97. The lowest BCUT2D eigenvalue weighted by Gasteiger charge is -2.15. The first kappa shape index (κ1) is 32.7. The van der Waals surface area contributed by atoms with Gasteiger partial charge in [0.1, 0.15) is 24.7 Å². The molecule has 2 aromatic rings. The highest BCUT2D eigenvalue weighted by Crippen LogP contribution is 2.23. The van der Waals surface area contributed by atoms with Crippen LogP contribution >= 0.6 is 31.9 Å². The van der Waals surface area contributed by atoms with Gasteiger partial charge in [-0.25, -0.2) is 14.7 Å². The normalized spacial score (nSPS) is 10.4. The van der Waals surface area contributed by atoms with E-state index in [2.05, 4.69) is 36.7 Å². The molecule has 0 aliphatic heterocycles. The van der Waals surface area contributed by atoms with Crippen molar-refractivity contribution in [1.29, 1.82) is 0 Å². The van der Waals surface area contributed by atoms with Crippen molar-refractivity contribution in [2.45, 2.75) is 47.4 Å². The molecule has 0 heterocycles. The molecule has 11 heteroatoms. The number of benzene rings is 2. The maximum Gasteiger partial charge on any atom is 0.271 e. The average molecular weight is 614 g/mol. The zero-order valence-corrected chi connectivity index (χ0v) is 23.0. The summed E-state index contributed by atoms with van der Waals surface area (Å²) in [5.41, 5.74) is 1.24. The third-order valence-corrected chi connectivity index (χ3v) is 4.61. The van der Waals surface area contributed by atoms with Gasteiger partial charge in [-0.1, -0.05) is 31.9 Å². The molecule has 0 spiro atoms. The number of hydrogen-bond donors (Lipinski definition) is 3. The minimum absolute atomic E-state index is 0.00866. The molecular formula is C23H34Br2O9. The molecule has 0 saturated carbocycles. The van der Waals surface area contributed by atoms with Crippen LogP contribution < -0.4 is 0 Å². The fraction of sp³-hybridized carbons (Fsp3) is 0.478. The predicted molar refractivity (Wildman–Crippen MR) is 134 cm³/mol. The van der Waals surface area contributed by atoms with Crippen molar-refractivity contribution in [2.24, 2.45) is 0 Å². The minimum Gasteiger partial charge on any atom is -0.508 e. The highest BCUT2D eigenvalue weighted by molar-refractivity contribution is 9.10. The predicted octanol–water partition coefficient (Wildman–Crippen LogP) is 6.15. The Balaban J connectivity index is 0.000000486. The SMILES string of the molecule is CCOC(OCC)OCC.CCOOCc1cc(Br)ccc1O.OOCc1cc(Br)ccc1O. The molecule has 0 fully saturated rings. The molecule has 34 heavy (non-hydrogen) atoms. The van der Waals surface area contributed by atoms with Gasteiger partial charge in [-0.05, 0) is 64.1 Å². The standard InChI is InChI=1S/C9H11BrO3.C7H7BrO3.C7H16O3/c1-2-12-13-6-7-5-8(10)3-4-9(7)11;8-6-1-2-7(9)5(3-6)4-11-10;1-4-8-7(9-5-2)10-6-3/h3-5,11H,2,6H2,1H3;1-3,9-10H,4H2;7H,4-6H2,1-3H3. The number of rotatable bonds is 12.